The Morgan fingerprint density at radius 3 is 2.53 bits per heavy atom. The smallest absolute Gasteiger partial charge is 0.257 e. The molecule has 1 saturated heterocycles. The molecule has 3 rings (SSSR count). The largest absolute Gasteiger partial charge is 0.760 e. The molecule has 160 valence electrons. The molecule has 1 aliphatic heterocycles. The van der Waals surface area contributed by atoms with Gasteiger partial charge in [-0.2, -0.15) is 4.36 Å². The van der Waals surface area contributed by atoms with Crippen LogP contribution in [0.15, 0.2) is 45.8 Å². The van der Waals surface area contributed by atoms with Gasteiger partial charge in [0.2, 0.25) is 11.8 Å². The Labute approximate surface area is 174 Å². The first kappa shape index (κ1) is 21.8. The first-order valence-corrected chi connectivity index (χ1v) is 10.9. The number of rotatable bonds is 6. The van der Waals surface area contributed by atoms with Gasteiger partial charge < -0.3 is 15.6 Å². The number of nitrogens with zero attached hydrogens (tertiary/aromatic N) is 4. The standard InChI is InChI=1S/C19H24N6O4S/c1-13-6-9-21-19(22-13)24-30(28,29)16-4-2-15(3-5-16)23-17(26)12-25-10-7-14(8-11-25)18(20)27/h2-6,9,14H,7-8,10-12H2,1H3,(H2,20,27)(H,23,26)(H,21,22,24,28,29)/p-1. The number of carbonyl (C=O) groups is 2. The van der Waals surface area contributed by atoms with Crippen molar-refractivity contribution in [3.8, 4) is 0 Å². The topological polar surface area (TPSA) is 154 Å². The molecular weight excluding hydrogens is 408 g/mol. The maximum Gasteiger partial charge on any atom is 0.257 e. The fourth-order valence-corrected chi connectivity index (χ4v) is 4.02. The normalized spacial score (nSPS) is 17.1. The van der Waals surface area contributed by atoms with Gasteiger partial charge in [-0.05, 0) is 63.2 Å². The van der Waals surface area contributed by atoms with Gasteiger partial charge in [-0.15, -0.1) is 0 Å². The molecule has 0 bridgehead atoms. The van der Waals surface area contributed by atoms with Crippen LogP contribution >= 0.6 is 0 Å². The fourth-order valence-electron chi connectivity index (χ4n) is 3.13. The van der Waals surface area contributed by atoms with Crippen LogP contribution in [0.2, 0.25) is 0 Å². The Bertz CT molecular complexity index is 1040. The molecule has 1 aromatic heterocycles. The second kappa shape index (κ2) is 9.28. The molecule has 2 aromatic rings. The summed E-state index contributed by atoms with van der Waals surface area (Å²) >= 11 is 0. The van der Waals surface area contributed by atoms with Gasteiger partial charge in [-0.25, -0.2) is 9.97 Å². The van der Waals surface area contributed by atoms with Crippen LogP contribution in [0.3, 0.4) is 0 Å². The van der Waals surface area contributed by atoms with E-state index in [-0.39, 0.29) is 35.1 Å². The molecule has 30 heavy (non-hydrogen) atoms. The van der Waals surface area contributed by atoms with Crippen molar-refractivity contribution in [2.24, 2.45) is 16.0 Å². The second-order valence-electron chi connectivity index (χ2n) is 7.09. The molecule has 0 radical (unpaired) electrons. The van der Waals surface area contributed by atoms with Gasteiger partial charge in [-0.3, -0.25) is 18.7 Å². The summed E-state index contributed by atoms with van der Waals surface area (Å²) in [6.07, 6.45) is 2.72. The predicted molar refractivity (Wildman–Crippen MR) is 109 cm³/mol. The summed E-state index contributed by atoms with van der Waals surface area (Å²) in [6, 6.07) is 7.36. The molecule has 1 atom stereocenters. The average Bonchev–Trinajstić information content (AvgIpc) is 2.68. The molecule has 3 N–H and O–H groups in total. The zero-order valence-corrected chi connectivity index (χ0v) is 17.3. The van der Waals surface area contributed by atoms with Gasteiger partial charge in [0.15, 0.2) is 0 Å². The van der Waals surface area contributed by atoms with Crippen molar-refractivity contribution >= 4 is 33.5 Å². The van der Waals surface area contributed by atoms with Crippen molar-refractivity contribution in [2.45, 2.75) is 24.7 Å². The quantitative estimate of drug-likeness (QED) is 0.697. The van der Waals surface area contributed by atoms with E-state index in [9.17, 15) is 18.4 Å². The van der Waals surface area contributed by atoms with Gasteiger partial charge in [0, 0.05) is 38.4 Å². The summed E-state index contributed by atoms with van der Waals surface area (Å²) in [6.45, 7) is 3.15. The summed E-state index contributed by atoms with van der Waals surface area (Å²) < 4.78 is 28.5. The van der Waals surface area contributed by atoms with Crippen molar-refractivity contribution in [1.29, 1.82) is 0 Å². The lowest BCUT2D eigenvalue weighted by atomic mass is 9.96. The van der Waals surface area contributed by atoms with Crippen LogP contribution in [0.5, 0.6) is 0 Å². The third kappa shape index (κ3) is 5.81. The molecule has 1 fully saturated rings. The lowest BCUT2D eigenvalue weighted by Gasteiger charge is -2.29. The van der Waals surface area contributed by atoms with Crippen LogP contribution in [0.4, 0.5) is 11.6 Å². The number of nitrogens with two attached hydrogens (primary N) is 1. The molecule has 0 spiro atoms. The van der Waals surface area contributed by atoms with Crippen molar-refractivity contribution in [2.75, 3.05) is 25.0 Å². The van der Waals surface area contributed by atoms with Gasteiger partial charge in [0.25, 0.3) is 5.95 Å². The van der Waals surface area contributed by atoms with Gasteiger partial charge >= 0.3 is 0 Å². The number of hydrogen-bond acceptors (Lipinski definition) is 8. The summed E-state index contributed by atoms with van der Waals surface area (Å²) in [5, 5.41) is 2.74. The Kier molecular flexibility index (Phi) is 6.75. The lowest BCUT2D eigenvalue weighted by molar-refractivity contribution is -0.123. The molecule has 1 aliphatic rings. The van der Waals surface area contributed by atoms with Crippen molar-refractivity contribution in [3.63, 3.8) is 0 Å². The number of likely N-dealkylation sites (tertiary alicyclic amines) is 1. The van der Waals surface area contributed by atoms with Crippen molar-refractivity contribution in [1.82, 2.24) is 14.9 Å². The van der Waals surface area contributed by atoms with Crippen LogP contribution in [0.25, 0.3) is 0 Å². The zero-order chi connectivity index (χ0) is 21.7. The molecule has 1 unspecified atom stereocenters. The Morgan fingerprint density at radius 1 is 1.27 bits per heavy atom. The van der Waals surface area contributed by atoms with E-state index in [4.69, 9.17) is 5.73 Å². The molecular formula is C19H23N6O4S-. The first-order chi connectivity index (χ1) is 14.2. The third-order valence-corrected chi connectivity index (χ3v) is 6.05. The van der Waals surface area contributed by atoms with E-state index in [1.165, 1.54) is 30.5 Å². The van der Waals surface area contributed by atoms with E-state index < -0.39 is 10.0 Å². The van der Waals surface area contributed by atoms with Crippen LogP contribution in [-0.4, -0.2) is 55.1 Å². The molecule has 0 aliphatic carbocycles. The minimum absolute atomic E-state index is 0.0286. The maximum absolute atomic E-state index is 12.4. The number of aryl methyl sites for hydroxylation is 1. The van der Waals surface area contributed by atoms with E-state index >= 15 is 0 Å². The van der Waals surface area contributed by atoms with E-state index in [1.54, 1.807) is 13.0 Å². The highest BCUT2D eigenvalue weighted by atomic mass is 32.2. The summed E-state index contributed by atoms with van der Waals surface area (Å²) in [5.41, 5.74) is 6.39. The summed E-state index contributed by atoms with van der Waals surface area (Å²) in [7, 11) is -3.97. The van der Waals surface area contributed by atoms with Gasteiger partial charge in [-0.1, -0.05) is 0 Å². The monoisotopic (exact) mass is 431 g/mol. The van der Waals surface area contributed by atoms with Crippen LogP contribution in [-0.2, 0) is 19.6 Å². The van der Waals surface area contributed by atoms with E-state index in [1.807, 2.05) is 4.90 Å². The SMILES string of the molecule is Cc1ccnc(N=S(=O)([O-])c2ccc(NC(=O)CN3CCC(C(N)=O)CC3)cc2)n1. The highest BCUT2D eigenvalue weighted by molar-refractivity contribution is 7.88. The summed E-state index contributed by atoms with van der Waals surface area (Å²) in [5.74, 6) is -0.780. The van der Waals surface area contributed by atoms with Crippen molar-refractivity contribution < 1.29 is 18.4 Å². The van der Waals surface area contributed by atoms with Crippen LogP contribution in [0.1, 0.15) is 18.5 Å². The fraction of sp³-hybridized carbons (Fsp3) is 0.368. The number of anilines is 1. The number of hydrogen-bond donors (Lipinski definition) is 2. The Hall–Kier alpha value is -2.89. The lowest BCUT2D eigenvalue weighted by Crippen LogP contribution is -2.42. The molecule has 1 aromatic carbocycles. The minimum atomic E-state index is -3.97. The minimum Gasteiger partial charge on any atom is -0.760 e. The van der Waals surface area contributed by atoms with Crippen LogP contribution < -0.4 is 11.1 Å². The van der Waals surface area contributed by atoms with Crippen LogP contribution in [0, 0.1) is 12.8 Å². The average molecular weight is 431 g/mol. The highest BCUT2D eigenvalue weighted by Crippen LogP contribution is 2.19. The zero-order valence-electron chi connectivity index (χ0n) is 16.5. The Balaban J connectivity index is 1.60. The number of primary amides is 1. The molecule has 0 saturated carbocycles. The highest BCUT2D eigenvalue weighted by Gasteiger charge is 2.24. The predicted octanol–water partition coefficient (Wildman–Crippen LogP) is 1.21. The molecule has 2 heterocycles. The first-order valence-electron chi connectivity index (χ1n) is 9.42. The number of benzene rings is 1. The Morgan fingerprint density at radius 2 is 1.93 bits per heavy atom. The summed E-state index contributed by atoms with van der Waals surface area (Å²) in [4.78, 5) is 33.2. The molecule has 10 nitrogen and oxygen atoms in total. The van der Waals surface area contributed by atoms with E-state index in [0.29, 0.717) is 37.3 Å². The number of piperidine rings is 1. The van der Waals surface area contributed by atoms with Gasteiger partial charge in [0.05, 0.1) is 6.54 Å². The van der Waals surface area contributed by atoms with E-state index in [2.05, 4.69) is 19.6 Å². The number of carbonyl (C=O) groups excluding carboxylic acids is 2. The second-order valence-corrected chi connectivity index (χ2v) is 8.69. The van der Waals surface area contributed by atoms with Crippen molar-refractivity contribution in [3.05, 3.63) is 42.2 Å². The van der Waals surface area contributed by atoms with E-state index in [0.717, 1.165) is 0 Å². The maximum atomic E-state index is 12.4. The molecule has 2 amide bonds. The number of nitrogens with one attached hydrogen (secondary N) is 1. The number of amides is 2. The van der Waals surface area contributed by atoms with Gasteiger partial charge in [0.1, 0.15) is 0 Å². The molecule has 11 heteroatoms. The third-order valence-electron chi connectivity index (χ3n) is 4.78. The number of aromatic nitrogens is 2.